The van der Waals surface area contributed by atoms with Crippen molar-refractivity contribution in [3.63, 3.8) is 0 Å². The number of hydrogen-bond acceptors (Lipinski definition) is 1. The standard InChI is InChI=1S/C12H19BrO/c1-7(2)8-4-5-9-11(13)10(14)6-12(8,9)3/h7-8,10,14H,4-6H2,1-3H3/t8-,10+,12-/m0/s1. The van der Waals surface area contributed by atoms with E-state index in [1.165, 1.54) is 18.4 Å². The van der Waals surface area contributed by atoms with Gasteiger partial charge in [-0.3, -0.25) is 0 Å². The van der Waals surface area contributed by atoms with E-state index in [-0.39, 0.29) is 11.5 Å². The molecule has 0 aromatic heterocycles. The van der Waals surface area contributed by atoms with E-state index < -0.39 is 0 Å². The molecule has 1 N–H and O–H groups in total. The molecule has 1 saturated carbocycles. The molecule has 1 nitrogen and oxygen atoms in total. The number of rotatable bonds is 1. The lowest BCUT2D eigenvalue weighted by molar-refractivity contribution is 0.133. The van der Waals surface area contributed by atoms with Gasteiger partial charge in [-0.15, -0.1) is 0 Å². The zero-order valence-electron chi connectivity index (χ0n) is 9.18. The lowest BCUT2D eigenvalue weighted by Gasteiger charge is -2.32. The summed E-state index contributed by atoms with van der Waals surface area (Å²) in [5.74, 6) is 1.48. The molecule has 14 heavy (non-hydrogen) atoms. The minimum atomic E-state index is -0.239. The Morgan fingerprint density at radius 2 is 2.14 bits per heavy atom. The van der Waals surface area contributed by atoms with E-state index in [2.05, 4.69) is 36.7 Å². The average molecular weight is 259 g/mol. The molecule has 0 aromatic carbocycles. The molecule has 0 aromatic rings. The van der Waals surface area contributed by atoms with Crippen LogP contribution in [-0.4, -0.2) is 11.2 Å². The van der Waals surface area contributed by atoms with E-state index in [4.69, 9.17) is 0 Å². The summed E-state index contributed by atoms with van der Waals surface area (Å²) < 4.78 is 1.09. The maximum Gasteiger partial charge on any atom is 0.0862 e. The van der Waals surface area contributed by atoms with E-state index in [0.717, 1.165) is 22.7 Å². The minimum absolute atomic E-state index is 0.239. The van der Waals surface area contributed by atoms with Gasteiger partial charge in [-0.1, -0.05) is 42.3 Å². The van der Waals surface area contributed by atoms with Gasteiger partial charge in [0.1, 0.15) is 0 Å². The average Bonchev–Trinajstić information content (AvgIpc) is 2.49. The quantitative estimate of drug-likeness (QED) is 0.764. The summed E-state index contributed by atoms with van der Waals surface area (Å²) in [4.78, 5) is 0. The lowest BCUT2D eigenvalue weighted by Crippen LogP contribution is -2.26. The maximum absolute atomic E-state index is 9.86. The first kappa shape index (κ1) is 10.7. The van der Waals surface area contributed by atoms with Crippen LogP contribution in [-0.2, 0) is 0 Å². The second kappa shape index (κ2) is 3.34. The first-order valence-corrected chi connectivity index (χ1v) is 6.33. The zero-order valence-corrected chi connectivity index (χ0v) is 10.8. The van der Waals surface area contributed by atoms with E-state index in [9.17, 15) is 5.11 Å². The SMILES string of the molecule is CC(C)[C@@H]1CCC2=C(Br)[C@H](O)C[C@]21C. The van der Waals surface area contributed by atoms with E-state index in [0.29, 0.717) is 0 Å². The first-order chi connectivity index (χ1) is 6.47. The van der Waals surface area contributed by atoms with Crippen LogP contribution >= 0.6 is 15.9 Å². The number of hydrogen-bond donors (Lipinski definition) is 1. The smallest absolute Gasteiger partial charge is 0.0862 e. The fraction of sp³-hybridized carbons (Fsp3) is 0.833. The van der Waals surface area contributed by atoms with Crippen LogP contribution in [0.2, 0.25) is 0 Å². The van der Waals surface area contributed by atoms with Gasteiger partial charge in [0.05, 0.1) is 6.10 Å². The molecule has 0 unspecified atom stereocenters. The van der Waals surface area contributed by atoms with Gasteiger partial charge in [0.15, 0.2) is 0 Å². The molecule has 0 saturated heterocycles. The van der Waals surface area contributed by atoms with E-state index in [1.807, 2.05) is 0 Å². The molecular formula is C12H19BrO. The van der Waals surface area contributed by atoms with Crippen LogP contribution in [0.3, 0.4) is 0 Å². The second-order valence-electron chi connectivity index (χ2n) is 5.35. The summed E-state index contributed by atoms with van der Waals surface area (Å²) in [5, 5.41) is 9.86. The van der Waals surface area contributed by atoms with Crippen LogP contribution in [0, 0.1) is 17.3 Å². The zero-order chi connectivity index (χ0) is 10.5. The van der Waals surface area contributed by atoms with Crippen molar-refractivity contribution < 1.29 is 5.11 Å². The molecule has 0 radical (unpaired) electrons. The molecule has 2 heteroatoms. The van der Waals surface area contributed by atoms with Crippen LogP contribution in [0.15, 0.2) is 10.1 Å². The van der Waals surface area contributed by atoms with Gasteiger partial charge in [-0.25, -0.2) is 0 Å². The lowest BCUT2D eigenvalue weighted by atomic mass is 9.72. The molecule has 0 aliphatic heterocycles. The fourth-order valence-corrected chi connectivity index (χ4v) is 4.37. The van der Waals surface area contributed by atoms with Crippen molar-refractivity contribution in [1.82, 2.24) is 0 Å². The Morgan fingerprint density at radius 1 is 1.50 bits per heavy atom. The van der Waals surface area contributed by atoms with Crippen molar-refractivity contribution in [1.29, 1.82) is 0 Å². The number of aliphatic hydroxyl groups excluding tert-OH is 1. The summed E-state index contributed by atoms with van der Waals surface area (Å²) in [6.45, 7) is 6.94. The Hall–Kier alpha value is 0.180. The predicted molar refractivity (Wildman–Crippen MR) is 62.2 cm³/mol. The number of aliphatic hydroxyl groups is 1. The summed E-state index contributed by atoms with van der Waals surface area (Å²) in [7, 11) is 0. The van der Waals surface area contributed by atoms with Crippen LogP contribution in [0.4, 0.5) is 0 Å². The van der Waals surface area contributed by atoms with Crippen LogP contribution in [0.5, 0.6) is 0 Å². The molecule has 2 aliphatic rings. The molecule has 1 fully saturated rings. The van der Waals surface area contributed by atoms with Gasteiger partial charge in [0.25, 0.3) is 0 Å². The number of fused-ring (bicyclic) bond motifs is 1. The fourth-order valence-electron chi connectivity index (χ4n) is 3.56. The second-order valence-corrected chi connectivity index (χ2v) is 6.21. The van der Waals surface area contributed by atoms with Gasteiger partial charge < -0.3 is 5.11 Å². The van der Waals surface area contributed by atoms with Gasteiger partial charge in [0, 0.05) is 4.48 Å². The van der Waals surface area contributed by atoms with Gasteiger partial charge in [-0.05, 0) is 36.5 Å². The summed E-state index contributed by atoms with van der Waals surface area (Å²) in [6, 6.07) is 0. The first-order valence-electron chi connectivity index (χ1n) is 5.54. The third-order valence-corrected chi connectivity index (χ3v) is 5.22. The Bertz CT molecular complexity index is 282. The Balaban J connectivity index is 2.35. The largest absolute Gasteiger partial charge is 0.388 e. The van der Waals surface area contributed by atoms with Gasteiger partial charge in [0.2, 0.25) is 0 Å². The third-order valence-electron chi connectivity index (χ3n) is 4.22. The number of halogens is 1. The molecule has 0 bridgehead atoms. The molecule has 2 rings (SSSR count). The highest BCUT2D eigenvalue weighted by Gasteiger charge is 2.50. The van der Waals surface area contributed by atoms with Crippen molar-refractivity contribution in [2.45, 2.75) is 46.1 Å². The Labute approximate surface area is 94.7 Å². The molecule has 2 aliphatic carbocycles. The van der Waals surface area contributed by atoms with Crippen molar-refractivity contribution >= 4 is 15.9 Å². The van der Waals surface area contributed by atoms with E-state index >= 15 is 0 Å². The Kier molecular flexibility index (Phi) is 2.55. The summed E-state index contributed by atoms with van der Waals surface area (Å²) >= 11 is 3.55. The third kappa shape index (κ3) is 1.30. The molecular weight excluding hydrogens is 240 g/mol. The topological polar surface area (TPSA) is 20.2 Å². The van der Waals surface area contributed by atoms with Crippen LogP contribution < -0.4 is 0 Å². The van der Waals surface area contributed by atoms with Gasteiger partial charge in [-0.2, -0.15) is 0 Å². The van der Waals surface area contributed by atoms with Crippen molar-refractivity contribution in [3.8, 4) is 0 Å². The molecule has 0 amide bonds. The molecule has 0 spiro atoms. The highest BCUT2D eigenvalue weighted by Crippen LogP contribution is 2.59. The minimum Gasteiger partial charge on any atom is -0.388 e. The number of allylic oxidation sites excluding steroid dienone is 1. The summed E-state index contributed by atoms with van der Waals surface area (Å²) in [6.07, 6.45) is 3.16. The normalized spacial score (nSPS) is 42.4. The van der Waals surface area contributed by atoms with Crippen molar-refractivity contribution in [3.05, 3.63) is 10.1 Å². The maximum atomic E-state index is 9.86. The van der Waals surface area contributed by atoms with Crippen molar-refractivity contribution in [2.24, 2.45) is 17.3 Å². The molecule has 80 valence electrons. The van der Waals surface area contributed by atoms with Crippen LogP contribution in [0.25, 0.3) is 0 Å². The Morgan fingerprint density at radius 3 is 2.71 bits per heavy atom. The highest BCUT2D eigenvalue weighted by molar-refractivity contribution is 9.11. The highest BCUT2D eigenvalue weighted by atomic mass is 79.9. The molecule has 0 heterocycles. The van der Waals surface area contributed by atoms with Gasteiger partial charge >= 0.3 is 0 Å². The van der Waals surface area contributed by atoms with E-state index in [1.54, 1.807) is 0 Å². The van der Waals surface area contributed by atoms with Crippen LogP contribution in [0.1, 0.15) is 40.0 Å². The monoisotopic (exact) mass is 258 g/mol. The van der Waals surface area contributed by atoms with Crippen molar-refractivity contribution in [2.75, 3.05) is 0 Å². The summed E-state index contributed by atoms with van der Waals surface area (Å²) in [5.41, 5.74) is 1.76. The molecule has 3 atom stereocenters. The predicted octanol–water partition coefficient (Wildman–Crippen LogP) is 3.47.